The van der Waals surface area contributed by atoms with E-state index in [0.29, 0.717) is 37.9 Å². The number of nitrogens with zero attached hydrogens (tertiary/aromatic N) is 2. The minimum Gasteiger partial charge on any atom is -0.483 e. The third-order valence-electron chi connectivity index (χ3n) is 5.10. The molecule has 2 saturated heterocycles. The van der Waals surface area contributed by atoms with Crippen LogP contribution in [-0.2, 0) is 19.1 Å². The normalized spacial score (nSPS) is 22.3. The lowest BCUT2D eigenvalue weighted by Gasteiger charge is -2.41. The summed E-state index contributed by atoms with van der Waals surface area (Å²) >= 11 is 0. The molecule has 2 heterocycles. The van der Waals surface area contributed by atoms with Gasteiger partial charge >= 0.3 is 6.09 Å². The highest BCUT2D eigenvalue weighted by atomic mass is 16.6. The van der Waals surface area contributed by atoms with E-state index in [1.807, 2.05) is 4.90 Å². The summed E-state index contributed by atoms with van der Waals surface area (Å²) in [6.07, 6.45) is 2.51. The maximum absolute atomic E-state index is 12.6. The van der Waals surface area contributed by atoms with Gasteiger partial charge in [-0.3, -0.25) is 14.4 Å². The van der Waals surface area contributed by atoms with Gasteiger partial charge in [-0.05, 0) is 51.9 Å². The van der Waals surface area contributed by atoms with Crippen molar-refractivity contribution in [1.29, 1.82) is 0 Å². The molecule has 3 N–H and O–H groups in total. The highest BCUT2D eigenvalue weighted by Crippen LogP contribution is 2.33. The number of hydrogen-bond donors (Lipinski definition) is 2. The number of amides is 3. The molecule has 0 spiro atoms. The minimum absolute atomic E-state index is 0.142. The van der Waals surface area contributed by atoms with E-state index in [2.05, 4.69) is 44.3 Å². The largest absolute Gasteiger partial charge is 0.483 e. The van der Waals surface area contributed by atoms with Crippen molar-refractivity contribution in [2.75, 3.05) is 13.1 Å². The van der Waals surface area contributed by atoms with Gasteiger partial charge in [0.2, 0.25) is 11.8 Å². The van der Waals surface area contributed by atoms with Crippen molar-refractivity contribution in [3.8, 4) is 0 Å². The zero-order chi connectivity index (χ0) is 25.3. The predicted molar refractivity (Wildman–Crippen MR) is 123 cm³/mol. The van der Waals surface area contributed by atoms with Crippen molar-refractivity contribution in [2.24, 2.45) is 17.1 Å². The van der Waals surface area contributed by atoms with Crippen LogP contribution in [0.4, 0.5) is 4.79 Å². The van der Waals surface area contributed by atoms with Crippen LogP contribution in [0.1, 0.15) is 81.1 Å². The van der Waals surface area contributed by atoms with Gasteiger partial charge in [-0.2, -0.15) is 0 Å². The Hall–Kier alpha value is -2.32. The second kappa shape index (κ2) is 12.6. The van der Waals surface area contributed by atoms with E-state index in [9.17, 15) is 14.4 Å². The summed E-state index contributed by atoms with van der Waals surface area (Å²) in [5.74, 6) is 0.893. The van der Waals surface area contributed by atoms with Crippen molar-refractivity contribution in [1.82, 2.24) is 9.80 Å². The average Bonchev–Trinajstić information content (AvgIpc) is 2.91. The van der Waals surface area contributed by atoms with E-state index in [-0.39, 0.29) is 29.7 Å². The van der Waals surface area contributed by atoms with Gasteiger partial charge in [-0.15, -0.1) is 0 Å². The van der Waals surface area contributed by atoms with Crippen LogP contribution in [0.2, 0.25) is 0 Å². The maximum atomic E-state index is 12.6. The molecule has 186 valence electrons. The van der Waals surface area contributed by atoms with Crippen LogP contribution < -0.4 is 5.73 Å². The lowest BCUT2D eigenvalue weighted by atomic mass is 9.86. The van der Waals surface area contributed by atoms with Crippen LogP contribution in [0.15, 0.2) is 0 Å². The summed E-state index contributed by atoms with van der Waals surface area (Å²) in [6, 6.07) is 0.540. The number of nitrogens with two attached hydrogens (primary N) is 1. The van der Waals surface area contributed by atoms with E-state index in [1.54, 1.807) is 20.8 Å². The van der Waals surface area contributed by atoms with E-state index in [1.165, 1.54) is 0 Å². The fourth-order valence-electron chi connectivity index (χ4n) is 4.06. The molecule has 0 saturated carbocycles. The Morgan fingerprint density at radius 2 is 1.81 bits per heavy atom. The lowest BCUT2D eigenvalue weighted by Crippen LogP contribution is -2.53. The van der Waals surface area contributed by atoms with Gasteiger partial charge in [0.25, 0.3) is 6.47 Å². The molecule has 0 aliphatic carbocycles. The molecule has 2 aliphatic rings. The number of rotatable bonds is 2. The van der Waals surface area contributed by atoms with Gasteiger partial charge in [-0.25, -0.2) is 4.79 Å². The van der Waals surface area contributed by atoms with Gasteiger partial charge in [-0.1, -0.05) is 27.7 Å². The Labute approximate surface area is 192 Å². The van der Waals surface area contributed by atoms with Crippen molar-refractivity contribution < 1.29 is 29.0 Å². The molecule has 0 aromatic carbocycles. The molecule has 0 unspecified atom stereocenters. The first-order valence-electron chi connectivity index (χ1n) is 11.2. The quantitative estimate of drug-likeness (QED) is 0.612. The van der Waals surface area contributed by atoms with Gasteiger partial charge in [0.05, 0.1) is 0 Å². The molecule has 0 aromatic rings. The minimum atomic E-state index is -0.725. The Morgan fingerprint density at radius 1 is 1.28 bits per heavy atom. The fraction of sp³-hybridized carbons (Fsp3) is 0.826. The van der Waals surface area contributed by atoms with Crippen LogP contribution in [0.25, 0.3) is 0 Å². The second-order valence-electron chi connectivity index (χ2n) is 10.7. The molecule has 2 rings (SSSR count). The molecular weight excluding hydrogens is 414 g/mol. The summed E-state index contributed by atoms with van der Waals surface area (Å²) < 4.78 is 4.58. The summed E-state index contributed by atoms with van der Waals surface area (Å²) in [7, 11) is 0. The van der Waals surface area contributed by atoms with Crippen molar-refractivity contribution in [2.45, 2.75) is 98.8 Å². The molecule has 0 bridgehead atoms. The lowest BCUT2D eigenvalue weighted by molar-refractivity contribution is -0.144. The number of fused-ring (bicyclic) bond motifs is 1. The van der Waals surface area contributed by atoms with Gasteiger partial charge in [0.15, 0.2) is 0 Å². The molecular formula is C23H43N3O6. The molecule has 32 heavy (non-hydrogen) atoms. The summed E-state index contributed by atoms with van der Waals surface area (Å²) in [4.78, 5) is 47.5. The average molecular weight is 458 g/mol. The van der Waals surface area contributed by atoms with Crippen LogP contribution in [0, 0.1) is 11.3 Å². The third-order valence-corrected chi connectivity index (χ3v) is 5.10. The topological polar surface area (TPSA) is 130 Å². The number of ether oxygens (including phenoxy) is 1. The first-order valence-corrected chi connectivity index (χ1v) is 11.2. The zero-order valence-electron chi connectivity index (χ0n) is 21.0. The SMILES string of the molecule is CC(C)(C)OC(N)=O.CC(C)CC(=O)N1C[C@H]2CC[C@@H](C)N2C(=O)CC(C)(C)C1.O=CO. The molecule has 2 fully saturated rings. The van der Waals surface area contributed by atoms with Crippen LogP contribution in [0.3, 0.4) is 0 Å². The van der Waals surface area contributed by atoms with E-state index < -0.39 is 11.7 Å². The number of carbonyl (C=O) groups is 4. The highest BCUT2D eigenvalue weighted by Gasteiger charge is 2.41. The monoisotopic (exact) mass is 457 g/mol. The highest BCUT2D eigenvalue weighted by molar-refractivity contribution is 5.80. The number of primary amides is 1. The Bertz CT molecular complexity index is 642. The zero-order valence-corrected chi connectivity index (χ0v) is 21.0. The molecule has 2 aliphatic heterocycles. The molecule has 9 heteroatoms. The van der Waals surface area contributed by atoms with Crippen LogP contribution in [0.5, 0.6) is 0 Å². The van der Waals surface area contributed by atoms with E-state index in [4.69, 9.17) is 15.6 Å². The van der Waals surface area contributed by atoms with Crippen LogP contribution >= 0.6 is 0 Å². The first-order chi connectivity index (χ1) is 14.5. The molecule has 3 amide bonds. The van der Waals surface area contributed by atoms with Gasteiger partial charge < -0.3 is 25.4 Å². The smallest absolute Gasteiger partial charge is 0.405 e. The standard InChI is InChI=1S/C17H30N2O2.C5H11NO2.CH2O2/c1-12(2)8-15(20)18-10-14-7-6-13(3)19(14)16(21)9-17(4,5)11-18;1-5(2,3)8-4(6)7;2-1-3/h12-14H,6-11H2,1-5H3;1-3H3,(H2,6,7);1H,(H,2,3)/t13-,14-;;/m1../s1. The summed E-state index contributed by atoms with van der Waals surface area (Å²) in [5.41, 5.74) is 4.12. The fourth-order valence-corrected chi connectivity index (χ4v) is 4.06. The number of hydrogen-bond acceptors (Lipinski definition) is 5. The number of carbonyl (C=O) groups excluding carboxylic acids is 3. The Morgan fingerprint density at radius 3 is 2.22 bits per heavy atom. The maximum Gasteiger partial charge on any atom is 0.405 e. The van der Waals surface area contributed by atoms with Crippen molar-refractivity contribution >= 4 is 24.4 Å². The summed E-state index contributed by atoms with van der Waals surface area (Å²) in [5, 5.41) is 6.89. The van der Waals surface area contributed by atoms with Crippen molar-refractivity contribution in [3.05, 3.63) is 0 Å². The molecule has 0 radical (unpaired) electrons. The van der Waals surface area contributed by atoms with Crippen LogP contribution in [-0.4, -0.2) is 70.1 Å². The van der Waals surface area contributed by atoms with E-state index >= 15 is 0 Å². The molecule has 9 nitrogen and oxygen atoms in total. The molecule has 0 aromatic heterocycles. The predicted octanol–water partition coefficient (Wildman–Crippen LogP) is 3.25. The van der Waals surface area contributed by atoms with Gasteiger partial charge in [0.1, 0.15) is 5.60 Å². The third kappa shape index (κ3) is 11.3. The molecule has 2 atom stereocenters. The van der Waals surface area contributed by atoms with Crippen molar-refractivity contribution in [3.63, 3.8) is 0 Å². The second-order valence-corrected chi connectivity index (χ2v) is 10.7. The first kappa shape index (κ1) is 29.7. The Kier molecular flexibility index (Phi) is 11.7. The van der Waals surface area contributed by atoms with Gasteiger partial charge in [0, 0.05) is 38.0 Å². The Balaban J connectivity index is 0.000000732. The summed E-state index contributed by atoms with van der Waals surface area (Å²) in [6.45, 7) is 16.9. The van der Waals surface area contributed by atoms with E-state index in [0.717, 1.165) is 12.8 Å². The number of carboxylic acid groups (broad SMARTS) is 1.